The maximum absolute atomic E-state index is 12.7. The van der Waals surface area contributed by atoms with Crippen molar-refractivity contribution in [3.8, 4) is 23.4 Å². The van der Waals surface area contributed by atoms with Crippen LogP contribution < -0.4 is 24.8 Å². The van der Waals surface area contributed by atoms with Crippen molar-refractivity contribution in [1.29, 1.82) is 5.26 Å². The fourth-order valence-electron chi connectivity index (χ4n) is 3.88. The van der Waals surface area contributed by atoms with Crippen LogP contribution in [-0.4, -0.2) is 73.6 Å². The van der Waals surface area contributed by atoms with E-state index in [0.717, 1.165) is 52.1 Å². The predicted octanol–water partition coefficient (Wildman–Crippen LogP) is 3.59. The van der Waals surface area contributed by atoms with Crippen molar-refractivity contribution in [3.63, 3.8) is 0 Å². The molecule has 11 nitrogen and oxygen atoms in total. The van der Waals surface area contributed by atoms with E-state index < -0.39 is 6.03 Å². The summed E-state index contributed by atoms with van der Waals surface area (Å²) in [6, 6.07) is 6.74. The number of hydrogen-bond donors (Lipinski definition) is 2. The van der Waals surface area contributed by atoms with Crippen LogP contribution >= 0.6 is 0 Å². The van der Waals surface area contributed by atoms with Crippen LogP contribution in [0.2, 0.25) is 0 Å². The zero-order chi connectivity index (χ0) is 25.7. The fourth-order valence-corrected chi connectivity index (χ4v) is 3.88. The van der Waals surface area contributed by atoms with Gasteiger partial charge < -0.3 is 24.3 Å². The summed E-state index contributed by atoms with van der Waals surface area (Å²) in [4.78, 5) is 23.4. The molecule has 11 heteroatoms. The average Bonchev–Trinajstić information content (AvgIpc) is 2.91. The number of nitriles is 1. The Hall–Kier alpha value is -3.88. The lowest BCUT2D eigenvalue weighted by Crippen LogP contribution is -2.36. The number of carbonyl (C=O) groups excluding carboxylic acids is 1. The second-order valence-electron chi connectivity index (χ2n) is 8.54. The highest BCUT2D eigenvalue weighted by molar-refractivity contribution is 6.00. The Bertz CT molecular complexity index is 1110. The van der Waals surface area contributed by atoms with Crippen LogP contribution in [0, 0.1) is 11.3 Å². The van der Waals surface area contributed by atoms with E-state index in [4.69, 9.17) is 18.9 Å². The molecule has 37 heavy (non-hydrogen) atoms. The Morgan fingerprint density at radius 2 is 1.97 bits per heavy atom. The Balaban J connectivity index is 1.35. The van der Waals surface area contributed by atoms with Gasteiger partial charge in [0.25, 0.3) is 5.88 Å². The van der Waals surface area contributed by atoms with Crippen LogP contribution in [0.25, 0.3) is 0 Å². The fraction of sp³-hybridized carbons (Fsp3) is 0.462. The number of amides is 2. The summed E-state index contributed by atoms with van der Waals surface area (Å²) in [6.07, 6.45) is 8.82. The largest absolute Gasteiger partial charge is 0.494 e. The molecule has 0 radical (unpaired) electrons. The molecule has 0 saturated carbocycles. The van der Waals surface area contributed by atoms with Crippen molar-refractivity contribution in [2.75, 3.05) is 63.3 Å². The van der Waals surface area contributed by atoms with E-state index in [1.54, 1.807) is 12.1 Å². The lowest BCUT2D eigenvalue weighted by atomic mass is 10.2. The number of benzene rings is 1. The Labute approximate surface area is 216 Å². The standard InChI is InChI=1S/C26H32N6O5/c27-18-22-25-30-24(19-28-22)31-26(33)29-21-17-20(7-8-23(21)36-13-5-2-6-14-37-25)35-12-4-1-3-9-32-10-15-34-16-11-32/h2,5,7-8,17,19H,1,3-4,6,9-16H2,(H2,29,30,31,33)/b5-2+. The molecule has 2 aromatic rings. The van der Waals surface area contributed by atoms with Gasteiger partial charge in [0, 0.05) is 19.2 Å². The summed E-state index contributed by atoms with van der Waals surface area (Å²) >= 11 is 0. The molecule has 2 aliphatic heterocycles. The number of hydrogen-bond acceptors (Lipinski definition) is 9. The molecule has 0 unspecified atom stereocenters. The van der Waals surface area contributed by atoms with Gasteiger partial charge in [0.15, 0.2) is 5.82 Å². The van der Waals surface area contributed by atoms with E-state index in [-0.39, 0.29) is 17.4 Å². The second-order valence-corrected chi connectivity index (χ2v) is 8.54. The monoisotopic (exact) mass is 508 g/mol. The van der Waals surface area contributed by atoms with Gasteiger partial charge >= 0.3 is 6.03 Å². The van der Waals surface area contributed by atoms with Gasteiger partial charge in [-0.1, -0.05) is 12.2 Å². The first kappa shape index (κ1) is 26.2. The van der Waals surface area contributed by atoms with Crippen molar-refractivity contribution in [3.05, 3.63) is 42.2 Å². The number of ether oxygens (including phenoxy) is 4. The maximum Gasteiger partial charge on any atom is 0.325 e. The number of fused-ring (bicyclic) bond motifs is 3. The Kier molecular flexibility index (Phi) is 9.92. The van der Waals surface area contributed by atoms with Gasteiger partial charge in [-0.15, -0.1) is 0 Å². The number of nitrogens with zero attached hydrogens (tertiary/aromatic N) is 4. The molecule has 3 heterocycles. The third kappa shape index (κ3) is 8.34. The molecular weight excluding hydrogens is 476 g/mol. The maximum atomic E-state index is 12.7. The molecule has 4 rings (SSSR count). The highest BCUT2D eigenvalue weighted by Crippen LogP contribution is 2.30. The van der Waals surface area contributed by atoms with Crippen LogP contribution in [0.3, 0.4) is 0 Å². The molecule has 0 spiro atoms. The Morgan fingerprint density at radius 1 is 1.08 bits per heavy atom. The molecule has 2 amide bonds. The number of nitrogens with one attached hydrogen (secondary N) is 2. The second kappa shape index (κ2) is 14.0. The van der Waals surface area contributed by atoms with Gasteiger partial charge in [-0.25, -0.2) is 9.78 Å². The number of anilines is 2. The molecule has 1 aromatic carbocycles. The van der Waals surface area contributed by atoms with E-state index in [1.807, 2.05) is 24.3 Å². The number of carbonyl (C=O) groups is 1. The molecule has 0 atom stereocenters. The minimum atomic E-state index is -0.541. The molecule has 0 aliphatic carbocycles. The summed E-state index contributed by atoms with van der Waals surface area (Å²) in [6.45, 7) is 5.96. The van der Waals surface area contributed by atoms with Crippen LogP contribution in [-0.2, 0) is 4.74 Å². The molecule has 2 aliphatic rings. The lowest BCUT2D eigenvalue weighted by Gasteiger charge is -2.26. The van der Waals surface area contributed by atoms with Crippen LogP contribution in [0.5, 0.6) is 17.4 Å². The van der Waals surface area contributed by atoms with Gasteiger partial charge in [0.2, 0.25) is 5.69 Å². The molecule has 1 aromatic heterocycles. The number of morpholine rings is 1. The minimum Gasteiger partial charge on any atom is -0.494 e. The molecule has 1 saturated heterocycles. The molecule has 196 valence electrons. The highest BCUT2D eigenvalue weighted by Gasteiger charge is 2.14. The first-order chi connectivity index (χ1) is 18.2. The van der Waals surface area contributed by atoms with Crippen molar-refractivity contribution in [2.45, 2.75) is 25.7 Å². The van der Waals surface area contributed by atoms with E-state index in [2.05, 4.69) is 25.5 Å². The van der Waals surface area contributed by atoms with Crippen molar-refractivity contribution in [2.24, 2.45) is 0 Å². The predicted molar refractivity (Wildman–Crippen MR) is 137 cm³/mol. The van der Waals surface area contributed by atoms with Crippen LogP contribution in [0.4, 0.5) is 16.3 Å². The van der Waals surface area contributed by atoms with Gasteiger partial charge in [-0.05, 0) is 44.4 Å². The number of rotatable bonds is 7. The zero-order valence-electron chi connectivity index (χ0n) is 20.8. The third-order valence-electron chi connectivity index (χ3n) is 5.80. The minimum absolute atomic E-state index is 0.0517. The van der Waals surface area contributed by atoms with E-state index in [0.29, 0.717) is 43.4 Å². The molecule has 1 fully saturated rings. The number of unbranched alkanes of at least 4 members (excludes halogenated alkanes) is 2. The smallest absolute Gasteiger partial charge is 0.325 e. The SMILES string of the molecule is N#Cc1ncc2nc1OCC/C=C/COc1ccc(OCCCCCN3CCOCC3)cc1NC(=O)N2. The topological polar surface area (TPSA) is 131 Å². The van der Waals surface area contributed by atoms with Gasteiger partial charge in [0.05, 0.1) is 38.3 Å². The van der Waals surface area contributed by atoms with Gasteiger partial charge in [-0.2, -0.15) is 10.2 Å². The van der Waals surface area contributed by atoms with E-state index in [1.165, 1.54) is 6.20 Å². The van der Waals surface area contributed by atoms with E-state index >= 15 is 0 Å². The highest BCUT2D eigenvalue weighted by atomic mass is 16.5. The van der Waals surface area contributed by atoms with Crippen molar-refractivity contribution in [1.82, 2.24) is 14.9 Å². The molecular formula is C26H32N6O5. The van der Waals surface area contributed by atoms with Crippen molar-refractivity contribution >= 4 is 17.5 Å². The lowest BCUT2D eigenvalue weighted by molar-refractivity contribution is 0.0370. The Morgan fingerprint density at radius 3 is 2.84 bits per heavy atom. The number of aromatic nitrogens is 2. The normalized spacial score (nSPS) is 17.3. The number of urea groups is 1. The summed E-state index contributed by atoms with van der Waals surface area (Å²) in [5.41, 5.74) is 0.513. The van der Waals surface area contributed by atoms with Crippen LogP contribution in [0.1, 0.15) is 31.4 Å². The van der Waals surface area contributed by atoms with Gasteiger partial charge in [-0.3, -0.25) is 10.2 Å². The summed E-state index contributed by atoms with van der Waals surface area (Å²) < 4.78 is 22.8. The van der Waals surface area contributed by atoms with Crippen molar-refractivity contribution < 1.29 is 23.7 Å². The van der Waals surface area contributed by atoms with Crippen LogP contribution in [0.15, 0.2) is 36.5 Å². The van der Waals surface area contributed by atoms with Gasteiger partial charge in [0.1, 0.15) is 24.2 Å². The molecule has 2 bridgehead atoms. The molecule has 2 N–H and O–H groups in total. The first-order valence-electron chi connectivity index (χ1n) is 12.5. The summed E-state index contributed by atoms with van der Waals surface area (Å²) in [7, 11) is 0. The summed E-state index contributed by atoms with van der Waals surface area (Å²) in [5.74, 6) is 1.37. The quantitative estimate of drug-likeness (QED) is 0.425. The third-order valence-corrected chi connectivity index (χ3v) is 5.80. The summed E-state index contributed by atoms with van der Waals surface area (Å²) in [5, 5.41) is 14.6. The first-order valence-corrected chi connectivity index (χ1v) is 12.5. The van der Waals surface area contributed by atoms with E-state index in [9.17, 15) is 10.1 Å². The average molecular weight is 509 g/mol. The zero-order valence-corrected chi connectivity index (χ0v) is 20.8.